The number of carbonyl (C=O) groups is 5. The van der Waals surface area contributed by atoms with Gasteiger partial charge >= 0.3 is 30.0 Å². The molecule has 0 unspecified atom stereocenters. The van der Waals surface area contributed by atoms with Crippen LogP contribution >= 0.6 is 45.9 Å². The molecule has 5 aromatic carbocycles. The minimum Gasteiger partial charge on any atom is -0.478 e. The Hall–Kier alpha value is -9.77. The number of H-pyrrole nitrogens is 1. The van der Waals surface area contributed by atoms with Gasteiger partial charge in [0, 0.05) is 156 Å². The summed E-state index contributed by atoms with van der Waals surface area (Å²) in [5.41, 5.74) is 6.70. The molecular formula is C68H61Cl2F3N14O8S2. The van der Waals surface area contributed by atoms with Crippen LogP contribution in [-0.4, -0.2) is 178 Å². The van der Waals surface area contributed by atoms with Gasteiger partial charge in [-0.15, -0.1) is 22.7 Å². The lowest BCUT2D eigenvalue weighted by Gasteiger charge is -2.38. The first-order valence-corrected chi connectivity index (χ1v) is 33.4. The number of rotatable bonds is 16. The maximum Gasteiger partial charge on any atom is 0.338 e. The largest absolute Gasteiger partial charge is 0.478 e. The second-order valence-corrected chi connectivity index (χ2v) is 26.0. The molecule has 6 aliphatic heterocycles. The van der Waals surface area contributed by atoms with Crippen molar-refractivity contribution in [2.75, 3.05) is 89.5 Å². The lowest BCUT2D eigenvalue weighted by Crippen LogP contribution is -2.53. The zero-order chi connectivity index (χ0) is 67.8. The van der Waals surface area contributed by atoms with E-state index in [1.54, 1.807) is 51.8 Å². The van der Waals surface area contributed by atoms with E-state index in [1.165, 1.54) is 91.5 Å². The number of aromatic amines is 1. The minimum absolute atomic E-state index is 0.0249. The van der Waals surface area contributed by atoms with E-state index >= 15 is 4.39 Å². The van der Waals surface area contributed by atoms with Gasteiger partial charge in [-0.05, 0) is 90.8 Å². The number of carbonyl (C=O) groups excluding carboxylic acids is 4. The normalized spacial score (nSPS) is 19.6. The number of esters is 2. The third-order valence-electron chi connectivity index (χ3n) is 17.7. The fourth-order valence-corrected chi connectivity index (χ4v) is 14.5. The first-order valence-electron chi connectivity index (χ1n) is 30.8. The number of benzene rings is 5. The van der Waals surface area contributed by atoms with Crippen LogP contribution in [0, 0.1) is 17.5 Å². The van der Waals surface area contributed by atoms with Crippen molar-refractivity contribution in [1.82, 2.24) is 50.2 Å². The summed E-state index contributed by atoms with van der Waals surface area (Å²) in [4.78, 5) is 102. The van der Waals surface area contributed by atoms with Crippen molar-refractivity contribution in [1.29, 1.82) is 0 Å². The summed E-state index contributed by atoms with van der Waals surface area (Å²) in [6.45, 7) is 6.63. The van der Waals surface area contributed by atoms with E-state index in [4.69, 9.17) is 47.8 Å². The summed E-state index contributed by atoms with van der Waals surface area (Å²) >= 11 is 15.7. The van der Waals surface area contributed by atoms with Crippen LogP contribution in [0.1, 0.15) is 56.2 Å². The number of aliphatic imine (C=N–C) groups is 2. The number of nitrogens with one attached hydrogen (secondary N) is 3. The number of fused-ring (bicyclic) bond motifs is 2. The fraction of sp³-hybridized carbons (Fsp3) is 0.265. The highest BCUT2D eigenvalue weighted by atomic mass is 35.5. The van der Waals surface area contributed by atoms with Crippen LogP contribution in [0.5, 0.6) is 0 Å². The van der Waals surface area contributed by atoms with Crippen molar-refractivity contribution < 1.29 is 51.7 Å². The Balaban J connectivity index is 0.000000175. The van der Waals surface area contributed by atoms with E-state index in [1.807, 2.05) is 45.6 Å². The van der Waals surface area contributed by atoms with Crippen LogP contribution in [0.3, 0.4) is 0 Å². The van der Waals surface area contributed by atoms with Crippen LogP contribution in [0.15, 0.2) is 165 Å². The minimum atomic E-state index is -1.07. The summed E-state index contributed by atoms with van der Waals surface area (Å²) in [6.07, 6.45) is 6.04. The van der Waals surface area contributed by atoms with E-state index < -0.39 is 47.4 Å². The Morgan fingerprint density at radius 1 is 0.619 bits per heavy atom. The van der Waals surface area contributed by atoms with Crippen LogP contribution in [0.4, 0.5) is 34.1 Å². The maximum absolute atomic E-state index is 15.4. The van der Waals surface area contributed by atoms with E-state index in [9.17, 15) is 32.8 Å². The monoisotopic (exact) mass is 1390 g/mol. The molecule has 4 saturated heterocycles. The van der Waals surface area contributed by atoms with Gasteiger partial charge in [-0.2, -0.15) is 0 Å². The molecule has 14 rings (SSSR count). The molecule has 0 bridgehead atoms. The first kappa shape index (κ1) is 65.9. The summed E-state index contributed by atoms with van der Waals surface area (Å²) in [6, 6.07) is 24.1. The molecule has 0 spiro atoms. The second kappa shape index (κ2) is 28.1. The van der Waals surface area contributed by atoms with Gasteiger partial charge < -0.3 is 40.0 Å². The Morgan fingerprint density at radius 3 is 1.56 bits per heavy atom. The number of imidazole rings is 1. The molecule has 498 valence electrons. The van der Waals surface area contributed by atoms with Crippen molar-refractivity contribution in [3.8, 4) is 22.5 Å². The first-order chi connectivity index (χ1) is 46.9. The highest BCUT2D eigenvalue weighted by Crippen LogP contribution is 2.40. The number of nitrogens with zero attached hydrogens (tertiary/aromatic N) is 11. The fourth-order valence-electron chi connectivity index (χ4n) is 12.8. The number of thiazole rings is 2. The molecule has 0 saturated carbocycles. The zero-order valence-electron chi connectivity index (χ0n) is 52.2. The number of halogens is 5. The van der Waals surface area contributed by atoms with Gasteiger partial charge in [0.25, 0.3) is 0 Å². The number of aryl methyl sites for hydroxylation is 1. The molecule has 29 heteroatoms. The van der Waals surface area contributed by atoms with Crippen molar-refractivity contribution in [3.63, 3.8) is 0 Å². The summed E-state index contributed by atoms with van der Waals surface area (Å²) in [5.74, 6) is -2.09. The molecule has 4 fully saturated rings. The van der Waals surface area contributed by atoms with E-state index in [-0.39, 0.29) is 63.0 Å². The Bertz CT molecular complexity index is 4500. The molecule has 6 aliphatic rings. The zero-order valence-corrected chi connectivity index (χ0v) is 55.4. The van der Waals surface area contributed by atoms with E-state index in [0.717, 1.165) is 29.2 Å². The van der Waals surface area contributed by atoms with Crippen LogP contribution in [0.2, 0.25) is 10.0 Å². The SMILES string of the molecule is CCc1cnc(-c2ccc(N3C[C@@H]4CN(CC5=C(C(=O)OC)[C@H](c6ccc(F)cc6Cl)N=C(c6nccs6)N5)CCN4C3=O)cc2)[nH]1.COC(=O)C1=C(CN2CCN3C(=O)N(c4ccc(-c5ccc(C(=O)O)cc5)c(F)c4)C[C@@H]3C2)NC(c2nccs2)=N[C@H]1c1ccc(F)cc1Cl. The molecule has 3 aromatic heterocycles. The van der Waals surface area contributed by atoms with Crippen LogP contribution in [0.25, 0.3) is 22.5 Å². The standard InChI is InChI=1S/C35H29ClF2N6O5S.C33H32ClFN8O3S/c1-49-34(47)29-28(40-31(32-39-10-13-50-32)41-30(29)25-8-6-21(37)14-26(25)36)18-42-11-12-43-23(16-42)17-44(35(43)48)22-7-9-24(27(38)15-22)19-2-4-20(5-3-19)33(45)46;1-3-21-15-37-29(38-21)19-4-7-22(8-5-19)43-17-23-16-41(11-12-42(23)33(43)45)18-26-27(32(44)46-2)28(24-9-6-20(35)14-25(24)34)40-30(39-26)31-36-10-13-47-31/h2-10,13-15,23,30H,11-12,16-18H2,1H3,(H,40,41)(H,45,46);4-10,13-15,23,28H,3,11-12,16-18H2,1-2H3,(H,37,38)(H,39,40)/t23-,30-;23-,28-/m00/s1. The van der Waals surface area contributed by atoms with Gasteiger partial charge in [-0.25, -0.2) is 52.1 Å². The highest BCUT2D eigenvalue weighted by molar-refractivity contribution is 7.12. The number of carboxylic acids is 1. The quantitative estimate of drug-likeness (QED) is 0.0657. The molecule has 97 heavy (non-hydrogen) atoms. The van der Waals surface area contributed by atoms with Crippen molar-refractivity contribution in [2.45, 2.75) is 37.5 Å². The molecule has 22 nitrogen and oxygen atoms in total. The lowest BCUT2D eigenvalue weighted by molar-refractivity contribution is -0.137. The number of aromatic carboxylic acids is 1. The number of piperazine rings is 2. The van der Waals surface area contributed by atoms with Crippen molar-refractivity contribution in [2.24, 2.45) is 9.98 Å². The number of amidine groups is 2. The molecule has 4 N–H and O–H groups in total. The predicted molar refractivity (Wildman–Crippen MR) is 362 cm³/mol. The molecular weight excluding hydrogens is 1330 g/mol. The number of carboxylic acid groups (broad SMARTS) is 1. The number of hydrogen-bond donors (Lipinski definition) is 4. The lowest BCUT2D eigenvalue weighted by atomic mass is 9.95. The molecule has 0 aliphatic carbocycles. The average Bonchev–Trinajstić information content (AvgIpc) is 1.77. The number of urea groups is 2. The van der Waals surface area contributed by atoms with Gasteiger partial charge in [-0.3, -0.25) is 29.6 Å². The van der Waals surface area contributed by atoms with Gasteiger partial charge in [-0.1, -0.05) is 54.4 Å². The van der Waals surface area contributed by atoms with Crippen LogP contribution < -0.4 is 20.4 Å². The van der Waals surface area contributed by atoms with Gasteiger partial charge in [0.2, 0.25) is 0 Å². The molecule has 8 aromatic rings. The number of hydrogen-bond acceptors (Lipinski definition) is 18. The van der Waals surface area contributed by atoms with E-state index in [0.29, 0.717) is 114 Å². The third-order valence-corrected chi connectivity index (χ3v) is 19.9. The highest BCUT2D eigenvalue weighted by Gasteiger charge is 2.45. The second-order valence-electron chi connectivity index (χ2n) is 23.4. The molecule has 0 radical (unpaired) electrons. The summed E-state index contributed by atoms with van der Waals surface area (Å²) in [7, 11) is 2.59. The van der Waals surface area contributed by atoms with Crippen molar-refractivity contribution >= 4 is 98.9 Å². The average molecular weight is 1390 g/mol. The number of anilines is 2. The number of aromatic nitrogens is 4. The van der Waals surface area contributed by atoms with Gasteiger partial charge in [0.05, 0.1) is 43.0 Å². The Labute approximate surface area is 572 Å². The topological polar surface area (TPSA) is 247 Å². The molecule has 9 heterocycles. The number of amides is 4. The predicted octanol–water partition coefficient (Wildman–Crippen LogP) is 10.6. The van der Waals surface area contributed by atoms with Gasteiger partial charge in [0.1, 0.15) is 35.4 Å². The summed E-state index contributed by atoms with van der Waals surface area (Å²) in [5, 5.41) is 20.9. The molecule has 4 amide bonds. The van der Waals surface area contributed by atoms with Crippen LogP contribution in [-0.2, 0) is 25.5 Å². The van der Waals surface area contributed by atoms with Gasteiger partial charge in [0.15, 0.2) is 21.7 Å². The maximum atomic E-state index is 15.4. The van der Waals surface area contributed by atoms with E-state index in [2.05, 4.69) is 47.3 Å². The smallest absolute Gasteiger partial charge is 0.338 e. The Morgan fingerprint density at radius 2 is 1.11 bits per heavy atom. The molecule has 4 atom stereocenters. The third kappa shape index (κ3) is 13.6. The number of methoxy groups -OCH3 is 2. The van der Waals surface area contributed by atoms with Crippen molar-refractivity contribution in [3.05, 3.63) is 215 Å². The number of ether oxygens (including phenoxy) is 2. The Kier molecular flexibility index (Phi) is 19.1. The summed E-state index contributed by atoms with van der Waals surface area (Å²) < 4.78 is 53.8.